The van der Waals surface area contributed by atoms with Crippen LogP contribution in [0.4, 0.5) is 34.1 Å². The molecule has 15 aromatic rings. The average Bonchev–Trinajstić information content (AvgIpc) is 4.17. The van der Waals surface area contributed by atoms with E-state index >= 15 is 0 Å². The molecule has 0 fully saturated rings. The predicted molar refractivity (Wildman–Crippen MR) is 307 cm³/mol. The van der Waals surface area contributed by atoms with Crippen molar-refractivity contribution in [3.8, 4) is 0 Å². The minimum atomic E-state index is 0.824. The highest BCUT2D eigenvalue weighted by Crippen LogP contribution is 2.46. The monoisotopic (exact) mass is 940 g/mol. The molecule has 0 saturated heterocycles. The van der Waals surface area contributed by atoms with Crippen LogP contribution >= 0.6 is 0 Å². The van der Waals surface area contributed by atoms with E-state index in [1.165, 1.54) is 43.6 Å². The molecular weight excluding hydrogens is 893 g/mol. The van der Waals surface area contributed by atoms with E-state index in [2.05, 4.69) is 252 Å². The summed E-state index contributed by atoms with van der Waals surface area (Å²) in [4.78, 5) is 4.72. The van der Waals surface area contributed by atoms with Crippen LogP contribution in [0.15, 0.2) is 221 Å². The van der Waals surface area contributed by atoms with Crippen molar-refractivity contribution in [2.24, 2.45) is 0 Å². The number of nitrogens with zero attached hydrogens (tertiary/aromatic N) is 4. The van der Waals surface area contributed by atoms with Gasteiger partial charge in [-0.25, -0.2) is 0 Å². The molecule has 73 heavy (non-hydrogen) atoms. The van der Waals surface area contributed by atoms with E-state index in [0.29, 0.717) is 0 Å². The fraction of sp³-hybridized carbons (Fsp3) is 0.0746. The Labute approximate surface area is 420 Å². The van der Waals surface area contributed by atoms with Crippen LogP contribution in [-0.2, 0) is 13.1 Å². The molecule has 0 unspecified atom stereocenters. The maximum Gasteiger partial charge on any atom is 0.139 e. The molecular formula is C67H48N4O2. The Kier molecular flexibility index (Phi) is 9.03. The molecule has 348 valence electrons. The topological polar surface area (TPSA) is 42.6 Å². The van der Waals surface area contributed by atoms with Gasteiger partial charge in [-0.05, 0) is 169 Å². The molecule has 0 aliphatic rings. The molecule has 15 rings (SSSR count). The first-order valence-electron chi connectivity index (χ1n) is 25.4. The summed E-state index contributed by atoms with van der Waals surface area (Å²) in [5.41, 5.74) is 16.1. The van der Waals surface area contributed by atoms with Gasteiger partial charge in [-0.15, -0.1) is 0 Å². The summed E-state index contributed by atoms with van der Waals surface area (Å²) in [7, 11) is 0. The molecule has 4 aromatic heterocycles. The molecule has 0 spiro atoms. The van der Waals surface area contributed by atoms with Crippen LogP contribution in [0.3, 0.4) is 0 Å². The second-order valence-electron chi connectivity index (χ2n) is 19.5. The average molecular weight is 941 g/mol. The summed E-state index contributed by atoms with van der Waals surface area (Å²) in [6, 6.07) is 77.2. The maximum atomic E-state index is 6.80. The van der Waals surface area contributed by atoms with Gasteiger partial charge in [-0.3, -0.25) is 0 Å². The van der Waals surface area contributed by atoms with E-state index in [0.717, 1.165) is 118 Å². The third-order valence-corrected chi connectivity index (χ3v) is 15.5. The number of fused-ring (bicyclic) bond motifs is 14. The summed E-state index contributed by atoms with van der Waals surface area (Å²) in [5, 5.41) is 14.0. The van der Waals surface area contributed by atoms with Gasteiger partial charge in [-0.2, -0.15) is 0 Å². The van der Waals surface area contributed by atoms with E-state index < -0.39 is 0 Å². The molecule has 0 N–H and O–H groups in total. The molecule has 6 heteroatoms. The van der Waals surface area contributed by atoms with Crippen LogP contribution < -0.4 is 9.80 Å². The zero-order chi connectivity index (χ0) is 48.5. The van der Waals surface area contributed by atoms with Crippen LogP contribution in [0, 0.1) is 6.92 Å². The number of aromatic nitrogens is 2. The lowest BCUT2D eigenvalue weighted by molar-refractivity contribution is 0.656. The molecule has 0 aliphatic carbocycles. The lowest BCUT2D eigenvalue weighted by atomic mass is 9.98. The van der Waals surface area contributed by atoms with Crippen molar-refractivity contribution in [3.05, 3.63) is 218 Å². The minimum absolute atomic E-state index is 0.824. The number of hydrogen-bond acceptors (Lipinski definition) is 4. The first kappa shape index (κ1) is 41.5. The zero-order valence-electron chi connectivity index (χ0n) is 40.7. The minimum Gasteiger partial charge on any atom is -0.456 e. The largest absolute Gasteiger partial charge is 0.456 e. The Bertz CT molecular complexity index is 4430. The van der Waals surface area contributed by atoms with E-state index in [9.17, 15) is 0 Å². The highest BCUT2D eigenvalue weighted by Gasteiger charge is 2.22. The fourth-order valence-corrected chi connectivity index (χ4v) is 12.3. The van der Waals surface area contributed by atoms with Gasteiger partial charge in [0.15, 0.2) is 0 Å². The Morgan fingerprint density at radius 2 is 0.712 bits per heavy atom. The van der Waals surface area contributed by atoms with Crippen molar-refractivity contribution in [1.29, 1.82) is 0 Å². The maximum absolute atomic E-state index is 6.80. The van der Waals surface area contributed by atoms with Crippen molar-refractivity contribution in [1.82, 2.24) is 9.13 Å². The van der Waals surface area contributed by atoms with Crippen LogP contribution in [0.1, 0.15) is 19.4 Å². The molecule has 11 aromatic carbocycles. The molecule has 0 aliphatic heterocycles. The molecule has 0 saturated carbocycles. The number of aryl methyl sites for hydroxylation is 3. The van der Waals surface area contributed by atoms with Crippen molar-refractivity contribution in [3.63, 3.8) is 0 Å². The van der Waals surface area contributed by atoms with Gasteiger partial charge < -0.3 is 27.8 Å². The summed E-state index contributed by atoms with van der Waals surface area (Å²) in [6.07, 6.45) is 0. The second-order valence-corrected chi connectivity index (χ2v) is 19.5. The number of para-hydroxylation sites is 4. The van der Waals surface area contributed by atoms with E-state index in [4.69, 9.17) is 8.83 Å². The Morgan fingerprint density at radius 3 is 1.16 bits per heavy atom. The number of hydrogen-bond donors (Lipinski definition) is 0. The first-order valence-corrected chi connectivity index (χ1v) is 25.4. The lowest BCUT2D eigenvalue weighted by Gasteiger charge is -2.26. The quantitative estimate of drug-likeness (QED) is 0.152. The summed E-state index contributed by atoms with van der Waals surface area (Å²) in [5.74, 6) is 0. The van der Waals surface area contributed by atoms with Crippen molar-refractivity contribution in [2.75, 3.05) is 9.80 Å². The highest BCUT2D eigenvalue weighted by molar-refractivity contribution is 6.21. The molecule has 4 heterocycles. The van der Waals surface area contributed by atoms with E-state index in [1.807, 2.05) is 0 Å². The van der Waals surface area contributed by atoms with Gasteiger partial charge in [-0.1, -0.05) is 84.9 Å². The lowest BCUT2D eigenvalue weighted by Crippen LogP contribution is -2.09. The third kappa shape index (κ3) is 6.23. The SMILES string of the molecule is CCn1c2ccccc2c2cc(N(c3ccccc3)c3ccc4cc5c(cc4c3)oc3cc4oc6cc7cc(N(c8ccccc8)c8ccc9c(c8)c8ccccc8n9CC)ccc7cc6c4c(C)c35)ccc21. The normalized spacial score (nSPS) is 12.2. The van der Waals surface area contributed by atoms with Gasteiger partial charge in [0, 0.05) is 118 Å². The highest BCUT2D eigenvalue weighted by atomic mass is 16.3. The van der Waals surface area contributed by atoms with Crippen molar-refractivity contribution >= 4 is 143 Å². The van der Waals surface area contributed by atoms with Gasteiger partial charge in [0.25, 0.3) is 0 Å². The molecule has 6 nitrogen and oxygen atoms in total. The van der Waals surface area contributed by atoms with Crippen LogP contribution in [-0.4, -0.2) is 9.13 Å². The predicted octanol–water partition coefficient (Wildman–Crippen LogP) is 19.3. The second kappa shape index (κ2) is 15.9. The van der Waals surface area contributed by atoms with Gasteiger partial charge in [0.05, 0.1) is 0 Å². The number of furan rings is 2. The van der Waals surface area contributed by atoms with Crippen LogP contribution in [0.25, 0.3) is 109 Å². The molecule has 0 bridgehead atoms. The Balaban J connectivity index is 0.829. The fourth-order valence-electron chi connectivity index (χ4n) is 12.3. The van der Waals surface area contributed by atoms with E-state index in [-0.39, 0.29) is 0 Å². The number of anilines is 6. The Morgan fingerprint density at radius 1 is 0.315 bits per heavy atom. The van der Waals surface area contributed by atoms with Gasteiger partial charge in [0.2, 0.25) is 0 Å². The van der Waals surface area contributed by atoms with Crippen molar-refractivity contribution in [2.45, 2.75) is 33.9 Å². The van der Waals surface area contributed by atoms with Gasteiger partial charge >= 0.3 is 0 Å². The van der Waals surface area contributed by atoms with Crippen molar-refractivity contribution < 1.29 is 8.83 Å². The third-order valence-electron chi connectivity index (χ3n) is 15.5. The standard InChI is InChI=1S/C67H48N4O2/c1-4-68-58-22-14-12-20-52(58)54-38-50(28-30-60(54)68)70(46-16-8-6-9-17-46)48-26-24-42-34-56-62(36-44(42)32-48)72-64-40-65-67(41(3)66(56)64)57-35-43-25-27-49(33-45(43)37-63(57)73-65)71(47-18-10-7-11-19-47)51-29-31-61-55(39-51)53-21-13-15-23-59(53)69(61)5-2/h6-40H,4-5H2,1-3H3. The number of benzene rings is 11. The molecule has 0 amide bonds. The van der Waals surface area contributed by atoms with Crippen LogP contribution in [0.5, 0.6) is 0 Å². The summed E-state index contributed by atoms with van der Waals surface area (Å²) in [6.45, 7) is 8.48. The smallest absolute Gasteiger partial charge is 0.139 e. The zero-order valence-corrected chi connectivity index (χ0v) is 40.7. The van der Waals surface area contributed by atoms with Gasteiger partial charge in [0.1, 0.15) is 22.3 Å². The summed E-state index contributed by atoms with van der Waals surface area (Å²) < 4.78 is 18.4. The van der Waals surface area contributed by atoms with Crippen LogP contribution in [0.2, 0.25) is 0 Å². The number of rotatable bonds is 8. The van der Waals surface area contributed by atoms with E-state index in [1.54, 1.807) is 0 Å². The summed E-state index contributed by atoms with van der Waals surface area (Å²) >= 11 is 0. The first-order chi connectivity index (χ1) is 36.0. The molecule has 0 radical (unpaired) electrons. The molecule has 0 atom stereocenters. The Hall–Kier alpha value is -9.26.